The van der Waals surface area contributed by atoms with Crippen molar-refractivity contribution < 1.29 is 19.5 Å². The number of aliphatic hydroxyl groups excluding tert-OH is 1. The topological polar surface area (TPSA) is 99.1 Å². The van der Waals surface area contributed by atoms with Gasteiger partial charge >= 0.3 is 0 Å². The van der Waals surface area contributed by atoms with Crippen molar-refractivity contribution in [2.75, 3.05) is 4.90 Å². The predicted molar refractivity (Wildman–Crippen MR) is 154 cm³/mol. The molecule has 1 saturated heterocycles. The predicted octanol–water partition coefficient (Wildman–Crippen LogP) is 4.73. The van der Waals surface area contributed by atoms with E-state index in [-0.39, 0.29) is 17.7 Å². The molecule has 1 aliphatic heterocycles. The summed E-state index contributed by atoms with van der Waals surface area (Å²) < 4.78 is 0. The Morgan fingerprint density at radius 3 is 2.10 bits per heavy atom. The number of anilines is 1. The molecule has 3 atom stereocenters. The van der Waals surface area contributed by atoms with Gasteiger partial charge in [-0.2, -0.15) is 5.10 Å². The van der Waals surface area contributed by atoms with Gasteiger partial charge in [-0.1, -0.05) is 103 Å². The summed E-state index contributed by atoms with van der Waals surface area (Å²) in [7, 11) is 0. The van der Waals surface area contributed by atoms with E-state index in [4.69, 9.17) is 11.6 Å². The molecule has 3 amide bonds. The number of carbonyl (C=O) groups is 3. The second-order valence-electron chi connectivity index (χ2n) is 10.5. The zero-order valence-electron chi connectivity index (χ0n) is 21.6. The molecule has 4 aromatic rings. The van der Waals surface area contributed by atoms with E-state index >= 15 is 0 Å². The number of nitrogens with one attached hydrogen (secondary N) is 1. The minimum absolute atomic E-state index is 0.306. The first kappa shape index (κ1) is 25.4. The zero-order chi connectivity index (χ0) is 28.3. The quantitative estimate of drug-likeness (QED) is 0.209. The van der Waals surface area contributed by atoms with Gasteiger partial charge in [0.15, 0.2) is 6.10 Å². The summed E-state index contributed by atoms with van der Waals surface area (Å²) in [5.41, 5.74) is 5.69. The Morgan fingerprint density at radius 1 is 0.854 bits per heavy atom. The summed E-state index contributed by atoms with van der Waals surface area (Å²) in [4.78, 5) is 42.6. The molecule has 41 heavy (non-hydrogen) atoms. The van der Waals surface area contributed by atoms with Gasteiger partial charge in [-0.25, -0.2) is 10.3 Å². The minimum Gasteiger partial charge on any atom is -0.378 e. The van der Waals surface area contributed by atoms with Crippen molar-refractivity contribution in [1.29, 1.82) is 0 Å². The highest BCUT2D eigenvalue weighted by atomic mass is 35.5. The van der Waals surface area contributed by atoms with Crippen LogP contribution in [0.1, 0.15) is 39.8 Å². The Kier molecular flexibility index (Phi) is 5.89. The molecule has 1 fully saturated rings. The third kappa shape index (κ3) is 3.56. The Bertz CT molecular complexity index is 1710. The number of carbonyl (C=O) groups excluding carboxylic acids is 3. The van der Waals surface area contributed by atoms with Gasteiger partial charge in [0.2, 0.25) is 11.8 Å². The number of hydrogen-bond donors (Lipinski definition) is 2. The van der Waals surface area contributed by atoms with E-state index in [9.17, 15) is 19.5 Å². The number of amides is 3. The number of para-hydroxylation sites is 1. The van der Waals surface area contributed by atoms with Crippen LogP contribution in [0, 0.1) is 11.8 Å². The smallest absolute Gasteiger partial charge is 0.273 e. The number of halogens is 1. The molecule has 0 unspecified atom stereocenters. The molecule has 202 valence electrons. The highest BCUT2D eigenvalue weighted by Gasteiger charge is 2.68. The van der Waals surface area contributed by atoms with Crippen LogP contribution in [0.2, 0.25) is 5.02 Å². The van der Waals surface area contributed by atoms with Crippen LogP contribution < -0.4 is 10.3 Å². The molecule has 1 heterocycles. The Balaban J connectivity index is 1.38. The van der Waals surface area contributed by atoms with Gasteiger partial charge in [-0.15, -0.1) is 0 Å². The van der Waals surface area contributed by atoms with Gasteiger partial charge in [-0.05, 0) is 39.9 Å². The summed E-state index contributed by atoms with van der Waals surface area (Å²) in [6, 6.07) is 30.9. The molecule has 0 saturated carbocycles. The second kappa shape index (κ2) is 9.51. The van der Waals surface area contributed by atoms with Crippen LogP contribution in [0.5, 0.6) is 0 Å². The Hall–Kier alpha value is -4.59. The lowest BCUT2D eigenvalue weighted by Gasteiger charge is -2.52. The van der Waals surface area contributed by atoms with E-state index in [1.54, 1.807) is 60.8 Å². The molecule has 3 aliphatic carbocycles. The lowest BCUT2D eigenvalue weighted by molar-refractivity contribution is -0.129. The van der Waals surface area contributed by atoms with E-state index in [0.29, 0.717) is 16.3 Å². The SMILES string of the molecule is O=C(N/N=C\C12c3ccccc3C(c3ccccc31)[C@@H]1C(=O)N(c3ccccc3Cl)C(=O)[C@H]12)[C@@H](O)c1ccccc1. The number of hydrogen-bond acceptors (Lipinski definition) is 5. The maximum Gasteiger partial charge on any atom is 0.273 e. The average molecular weight is 562 g/mol. The van der Waals surface area contributed by atoms with Crippen LogP contribution in [0.3, 0.4) is 0 Å². The van der Waals surface area contributed by atoms with Gasteiger partial charge in [0.25, 0.3) is 5.91 Å². The molecule has 0 aromatic heterocycles. The van der Waals surface area contributed by atoms with Crippen LogP contribution in [0.25, 0.3) is 0 Å². The first-order valence-electron chi connectivity index (χ1n) is 13.3. The van der Waals surface area contributed by atoms with E-state index in [0.717, 1.165) is 22.3 Å². The average Bonchev–Trinajstić information content (AvgIpc) is 3.28. The van der Waals surface area contributed by atoms with Gasteiger partial charge in [0.1, 0.15) is 0 Å². The fourth-order valence-electron chi connectivity index (χ4n) is 6.97. The summed E-state index contributed by atoms with van der Waals surface area (Å²) in [5, 5.41) is 15.2. The maximum atomic E-state index is 14.4. The van der Waals surface area contributed by atoms with E-state index in [1.807, 2.05) is 48.5 Å². The molecule has 8 heteroatoms. The van der Waals surface area contributed by atoms with Gasteiger partial charge in [0, 0.05) is 12.1 Å². The second-order valence-corrected chi connectivity index (χ2v) is 10.9. The molecule has 0 spiro atoms. The number of benzene rings is 4. The summed E-state index contributed by atoms with van der Waals surface area (Å²) >= 11 is 6.49. The van der Waals surface area contributed by atoms with Crippen molar-refractivity contribution in [2.45, 2.75) is 17.4 Å². The normalized spacial score (nSPS) is 24.6. The molecule has 7 nitrogen and oxygen atoms in total. The minimum atomic E-state index is -1.43. The third-order valence-electron chi connectivity index (χ3n) is 8.58. The van der Waals surface area contributed by atoms with E-state index in [1.165, 1.54) is 4.90 Å². The number of aliphatic hydroxyl groups is 1. The fraction of sp³-hybridized carbons (Fsp3) is 0.152. The molecule has 8 rings (SSSR count). The highest BCUT2D eigenvalue weighted by molar-refractivity contribution is 6.36. The maximum absolute atomic E-state index is 14.4. The lowest BCUT2D eigenvalue weighted by atomic mass is 9.47. The Labute approximate surface area is 241 Å². The molecule has 2 N–H and O–H groups in total. The van der Waals surface area contributed by atoms with Gasteiger partial charge in [-0.3, -0.25) is 14.4 Å². The lowest BCUT2D eigenvalue weighted by Crippen LogP contribution is -2.54. The van der Waals surface area contributed by atoms with E-state index < -0.39 is 29.3 Å². The first-order chi connectivity index (χ1) is 19.9. The van der Waals surface area contributed by atoms with Crippen LogP contribution >= 0.6 is 11.6 Å². The van der Waals surface area contributed by atoms with Gasteiger partial charge < -0.3 is 5.11 Å². The van der Waals surface area contributed by atoms with Crippen LogP contribution in [-0.4, -0.2) is 29.0 Å². The first-order valence-corrected chi connectivity index (χ1v) is 13.7. The number of hydrazone groups is 1. The standard InChI is InChI=1S/C33H24ClN3O4/c34-24-16-8-9-17-25(24)37-31(40)27-26-20-12-4-6-14-22(20)33(28(27)32(37)41,23-15-7-5-13-21(23)26)18-35-36-30(39)29(38)19-10-2-1-3-11-19/h1-18,26-29,38H,(H,36,39)/b35-18-/t26?,27-,28-,29-,33?/m0/s1. The van der Waals surface area contributed by atoms with Crippen molar-refractivity contribution in [1.82, 2.24) is 5.43 Å². The van der Waals surface area contributed by atoms with Crippen LogP contribution in [0.15, 0.2) is 108 Å². The molecule has 0 radical (unpaired) electrons. The van der Waals surface area contributed by atoms with Crippen LogP contribution in [-0.2, 0) is 19.8 Å². The monoisotopic (exact) mass is 561 g/mol. The summed E-state index contributed by atoms with van der Waals surface area (Å²) in [6.07, 6.45) is 0.139. The van der Waals surface area contributed by atoms with Crippen molar-refractivity contribution >= 4 is 41.2 Å². The number of rotatable bonds is 5. The Morgan fingerprint density at radius 2 is 1.44 bits per heavy atom. The number of imide groups is 1. The summed E-state index contributed by atoms with van der Waals surface area (Å²) in [5.74, 6) is -3.24. The molecular weight excluding hydrogens is 538 g/mol. The molecule has 4 aromatic carbocycles. The van der Waals surface area contributed by atoms with Crippen molar-refractivity contribution in [2.24, 2.45) is 16.9 Å². The van der Waals surface area contributed by atoms with Crippen molar-refractivity contribution in [3.05, 3.63) is 136 Å². The molecule has 4 aliphatic rings. The van der Waals surface area contributed by atoms with Crippen molar-refractivity contribution in [3.63, 3.8) is 0 Å². The molecular formula is C33H24ClN3O4. The number of nitrogens with zero attached hydrogens (tertiary/aromatic N) is 2. The van der Waals surface area contributed by atoms with Crippen molar-refractivity contribution in [3.8, 4) is 0 Å². The fourth-order valence-corrected chi connectivity index (χ4v) is 7.19. The largest absolute Gasteiger partial charge is 0.378 e. The zero-order valence-corrected chi connectivity index (χ0v) is 22.4. The van der Waals surface area contributed by atoms with Gasteiger partial charge in [0.05, 0.1) is 28.0 Å². The van der Waals surface area contributed by atoms with Crippen LogP contribution in [0.4, 0.5) is 5.69 Å². The molecule has 2 bridgehead atoms. The van der Waals surface area contributed by atoms with E-state index in [2.05, 4.69) is 10.5 Å². The highest BCUT2D eigenvalue weighted by Crippen LogP contribution is 2.63. The third-order valence-corrected chi connectivity index (χ3v) is 8.90. The summed E-state index contributed by atoms with van der Waals surface area (Å²) in [6.45, 7) is 0.